The van der Waals surface area contributed by atoms with Gasteiger partial charge in [-0.15, -0.1) is 0 Å². The predicted octanol–water partition coefficient (Wildman–Crippen LogP) is 3.78. The van der Waals surface area contributed by atoms with Crippen LogP contribution < -0.4 is 10.2 Å². The van der Waals surface area contributed by atoms with Crippen LogP contribution in [-0.4, -0.2) is 78.3 Å². The van der Waals surface area contributed by atoms with E-state index in [2.05, 4.69) is 48.0 Å². The molecule has 2 heterocycles. The van der Waals surface area contributed by atoms with Gasteiger partial charge in [0.25, 0.3) is 5.91 Å². The van der Waals surface area contributed by atoms with E-state index in [1.165, 1.54) is 0 Å². The standard InChI is InChI=1S/C29H39N5O2/c1-20(2)34-14-13-33(18-25(34)19-35)29(36)26-16-27(22(4)15-21(26)3)31-24-9-11-32(12-10-24)28-8-6-5-7-23(28)17-30/h5-8,15-16,20,24-25,31,35H,9-14,18-19H2,1-4H3. The zero-order chi connectivity index (χ0) is 25.8. The second-order valence-electron chi connectivity index (χ2n) is 10.4. The highest BCUT2D eigenvalue weighted by Gasteiger charge is 2.31. The molecule has 192 valence electrons. The van der Waals surface area contributed by atoms with Gasteiger partial charge in [-0.05, 0) is 69.9 Å². The van der Waals surface area contributed by atoms with E-state index in [1.807, 2.05) is 42.2 Å². The molecule has 2 aromatic carbocycles. The summed E-state index contributed by atoms with van der Waals surface area (Å²) >= 11 is 0. The van der Waals surface area contributed by atoms with Crippen LogP contribution in [-0.2, 0) is 0 Å². The van der Waals surface area contributed by atoms with Gasteiger partial charge in [0, 0.05) is 56.1 Å². The summed E-state index contributed by atoms with van der Waals surface area (Å²) in [7, 11) is 0. The first kappa shape index (κ1) is 26.0. The number of piperidine rings is 1. The van der Waals surface area contributed by atoms with Crippen molar-refractivity contribution < 1.29 is 9.90 Å². The third-order valence-electron chi connectivity index (χ3n) is 7.71. The number of nitrogens with one attached hydrogen (secondary N) is 1. The summed E-state index contributed by atoms with van der Waals surface area (Å²) in [6.07, 6.45) is 1.93. The number of amides is 1. The Kier molecular flexibility index (Phi) is 8.17. The lowest BCUT2D eigenvalue weighted by atomic mass is 9.99. The van der Waals surface area contributed by atoms with Crippen molar-refractivity contribution >= 4 is 17.3 Å². The number of hydrogen-bond acceptors (Lipinski definition) is 6. The van der Waals surface area contributed by atoms with E-state index in [1.54, 1.807) is 0 Å². The van der Waals surface area contributed by atoms with E-state index in [4.69, 9.17) is 0 Å². The van der Waals surface area contributed by atoms with Gasteiger partial charge in [0.05, 0.1) is 23.9 Å². The van der Waals surface area contributed by atoms with Gasteiger partial charge in [-0.2, -0.15) is 5.26 Å². The van der Waals surface area contributed by atoms with E-state index in [0.717, 1.165) is 66.1 Å². The molecule has 0 radical (unpaired) electrons. The molecular formula is C29H39N5O2. The van der Waals surface area contributed by atoms with Crippen molar-refractivity contribution in [3.63, 3.8) is 0 Å². The minimum absolute atomic E-state index is 0.0256. The molecule has 36 heavy (non-hydrogen) atoms. The molecule has 0 aromatic heterocycles. The number of piperazine rings is 1. The van der Waals surface area contributed by atoms with E-state index in [9.17, 15) is 15.2 Å². The fourth-order valence-electron chi connectivity index (χ4n) is 5.63. The molecule has 7 heteroatoms. The molecule has 2 aromatic rings. The lowest BCUT2D eigenvalue weighted by molar-refractivity contribution is 0.0193. The van der Waals surface area contributed by atoms with Gasteiger partial charge in [-0.3, -0.25) is 9.69 Å². The molecule has 0 saturated carbocycles. The van der Waals surface area contributed by atoms with Crippen LogP contribution in [0.5, 0.6) is 0 Å². The number of nitrogens with zero attached hydrogens (tertiary/aromatic N) is 4. The lowest BCUT2D eigenvalue weighted by Crippen LogP contribution is -2.58. The monoisotopic (exact) mass is 489 g/mol. The number of anilines is 2. The Morgan fingerprint density at radius 2 is 1.83 bits per heavy atom. The Hall–Kier alpha value is -3.08. The van der Waals surface area contributed by atoms with Crippen molar-refractivity contribution in [1.82, 2.24) is 9.80 Å². The molecule has 1 atom stereocenters. The average Bonchev–Trinajstić information content (AvgIpc) is 2.89. The van der Waals surface area contributed by atoms with Gasteiger partial charge in [-0.25, -0.2) is 0 Å². The molecule has 7 nitrogen and oxygen atoms in total. The van der Waals surface area contributed by atoms with Gasteiger partial charge in [0.2, 0.25) is 0 Å². The molecule has 2 aliphatic heterocycles. The van der Waals surface area contributed by atoms with E-state index < -0.39 is 0 Å². The van der Waals surface area contributed by atoms with Gasteiger partial charge in [0.1, 0.15) is 6.07 Å². The number of benzene rings is 2. The maximum Gasteiger partial charge on any atom is 0.254 e. The second kappa shape index (κ2) is 11.3. The Morgan fingerprint density at radius 1 is 1.11 bits per heavy atom. The summed E-state index contributed by atoms with van der Waals surface area (Å²) < 4.78 is 0. The van der Waals surface area contributed by atoms with Crippen LogP contribution in [0.4, 0.5) is 11.4 Å². The summed E-state index contributed by atoms with van der Waals surface area (Å²) in [5, 5.41) is 23.1. The Balaban J connectivity index is 1.43. The highest BCUT2D eigenvalue weighted by Crippen LogP contribution is 2.28. The number of carbonyl (C=O) groups is 1. The van der Waals surface area contributed by atoms with Crippen LogP contribution in [0.3, 0.4) is 0 Å². The van der Waals surface area contributed by atoms with Gasteiger partial charge < -0.3 is 20.2 Å². The maximum absolute atomic E-state index is 13.5. The third kappa shape index (κ3) is 5.50. The molecule has 2 N–H and O–H groups in total. The number of carbonyl (C=O) groups excluding carboxylic acids is 1. The summed E-state index contributed by atoms with van der Waals surface area (Å²) in [6, 6.07) is 14.8. The number of aryl methyl sites for hydroxylation is 2. The number of rotatable bonds is 6. The van der Waals surface area contributed by atoms with E-state index in [0.29, 0.717) is 25.2 Å². The van der Waals surface area contributed by atoms with E-state index in [-0.39, 0.29) is 18.6 Å². The molecular weight excluding hydrogens is 450 g/mol. The van der Waals surface area contributed by atoms with Crippen LogP contribution >= 0.6 is 0 Å². The molecule has 2 aliphatic rings. The Labute approximate surface area is 215 Å². The summed E-state index contributed by atoms with van der Waals surface area (Å²) in [5.74, 6) is 0.0420. The number of hydrogen-bond donors (Lipinski definition) is 2. The largest absolute Gasteiger partial charge is 0.395 e. The van der Waals surface area contributed by atoms with Crippen molar-refractivity contribution in [2.24, 2.45) is 0 Å². The number of aliphatic hydroxyl groups is 1. The first-order valence-electron chi connectivity index (χ1n) is 13.1. The van der Waals surface area contributed by atoms with Gasteiger partial charge in [0.15, 0.2) is 0 Å². The number of nitriles is 1. The normalized spacial score (nSPS) is 19.4. The summed E-state index contributed by atoms with van der Waals surface area (Å²) in [5.41, 5.74) is 5.60. The summed E-state index contributed by atoms with van der Waals surface area (Å²) in [4.78, 5) is 20.0. The average molecular weight is 490 g/mol. The van der Waals surface area contributed by atoms with Crippen LogP contribution in [0, 0.1) is 25.2 Å². The minimum Gasteiger partial charge on any atom is -0.395 e. The van der Waals surface area contributed by atoms with E-state index >= 15 is 0 Å². The molecule has 2 fully saturated rings. The van der Waals surface area contributed by atoms with Gasteiger partial charge >= 0.3 is 0 Å². The molecule has 2 saturated heterocycles. The lowest BCUT2D eigenvalue weighted by Gasteiger charge is -2.43. The molecule has 4 rings (SSSR count). The Morgan fingerprint density at radius 3 is 2.50 bits per heavy atom. The third-order valence-corrected chi connectivity index (χ3v) is 7.71. The van der Waals surface area contributed by atoms with Crippen molar-refractivity contribution in [3.05, 3.63) is 58.7 Å². The van der Waals surface area contributed by atoms with Crippen LogP contribution in [0.2, 0.25) is 0 Å². The van der Waals surface area contributed by atoms with Crippen LogP contribution in [0.25, 0.3) is 0 Å². The zero-order valence-electron chi connectivity index (χ0n) is 22.0. The molecule has 0 aliphatic carbocycles. The van der Waals surface area contributed by atoms with Crippen molar-refractivity contribution in [3.8, 4) is 6.07 Å². The van der Waals surface area contributed by atoms with Crippen molar-refractivity contribution in [2.45, 2.75) is 58.7 Å². The number of aliphatic hydroxyl groups excluding tert-OH is 1. The zero-order valence-corrected chi connectivity index (χ0v) is 22.0. The minimum atomic E-state index is -0.0256. The van der Waals surface area contributed by atoms with Crippen molar-refractivity contribution in [1.29, 1.82) is 5.26 Å². The molecule has 1 amide bonds. The predicted molar refractivity (Wildman–Crippen MR) is 145 cm³/mol. The molecule has 0 bridgehead atoms. The smallest absolute Gasteiger partial charge is 0.254 e. The number of para-hydroxylation sites is 1. The fourth-order valence-corrected chi connectivity index (χ4v) is 5.63. The van der Waals surface area contributed by atoms with Crippen molar-refractivity contribution in [2.75, 3.05) is 49.5 Å². The summed E-state index contributed by atoms with van der Waals surface area (Å²) in [6.45, 7) is 12.2. The first-order valence-corrected chi connectivity index (χ1v) is 13.1. The topological polar surface area (TPSA) is 82.8 Å². The highest BCUT2D eigenvalue weighted by atomic mass is 16.3. The molecule has 1 unspecified atom stereocenters. The van der Waals surface area contributed by atoms with Crippen LogP contribution in [0.15, 0.2) is 36.4 Å². The van der Waals surface area contributed by atoms with Crippen LogP contribution in [0.1, 0.15) is 53.7 Å². The SMILES string of the molecule is Cc1cc(C)c(C(=O)N2CCN(C(C)C)C(CO)C2)cc1NC1CCN(c2ccccc2C#N)CC1. The fraction of sp³-hybridized carbons (Fsp3) is 0.517. The highest BCUT2D eigenvalue weighted by molar-refractivity contribution is 5.97. The maximum atomic E-state index is 13.5. The first-order chi connectivity index (χ1) is 17.3. The Bertz CT molecular complexity index is 1120. The second-order valence-corrected chi connectivity index (χ2v) is 10.4. The molecule has 0 spiro atoms. The quantitative estimate of drug-likeness (QED) is 0.643. The van der Waals surface area contributed by atoms with Gasteiger partial charge in [-0.1, -0.05) is 18.2 Å².